The average Bonchev–Trinajstić information content (AvgIpc) is 2.41. The van der Waals surface area contributed by atoms with Crippen molar-refractivity contribution in [2.75, 3.05) is 6.61 Å². The highest BCUT2D eigenvalue weighted by Crippen LogP contribution is 1.83. The van der Waals surface area contributed by atoms with E-state index in [1.165, 1.54) is 0 Å². The lowest BCUT2D eigenvalue weighted by Crippen LogP contribution is -1.92. The smallest absolute Gasteiger partial charge is 0.327 e. The summed E-state index contributed by atoms with van der Waals surface area (Å²) in [4.78, 5) is 22.3. The predicted molar refractivity (Wildman–Crippen MR) is 36.2 cm³/mol. The minimum atomic E-state index is -0.981. The molecule has 0 unspecified atom stereocenters. The summed E-state index contributed by atoms with van der Waals surface area (Å²) in [6, 6.07) is 0. The molecule has 0 aliphatic carbocycles. The first kappa shape index (κ1) is 9.35. The third-order valence-corrected chi connectivity index (χ3v) is 0.605. The number of carboxylic acid groups (broad SMARTS) is 1. The van der Waals surface area contributed by atoms with Gasteiger partial charge in [-0.1, -0.05) is 6.58 Å². The van der Waals surface area contributed by atoms with Crippen LogP contribution in [0.3, 0.4) is 0 Å². The van der Waals surface area contributed by atoms with E-state index in [0.29, 0.717) is 0 Å². The summed E-state index contributed by atoms with van der Waals surface area (Å²) in [6.07, 6.45) is 2.88. The molecule has 1 amide bonds. The number of aliphatic imine (C=N–C) groups is 1. The van der Waals surface area contributed by atoms with Crippen LogP contribution in [0.4, 0.5) is 0 Å². The molecule has 0 aromatic rings. The molecule has 1 aliphatic heterocycles. The Morgan fingerprint density at radius 3 is 2.55 bits per heavy atom. The van der Waals surface area contributed by atoms with Crippen molar-refractivity contribution in [3.63, 3.8) is 0 Å². The monoisotopic (exact) mass is 156 g/mol. The van der Waals surface area contributed by atoms with Crippen LogP contribution in [0.2, 0.25) is 0 Å². The van der Waals surface area contributed by atoms with Gasteiger partial charge in [-0.2, -0.15) is 0 Å². The third kappa shape index (κ3) is 6.23. The molecule has 0 saturated heterocycles. The Kier molecular flexibility index (Phi) is 4.39. The lowest BCUT2D eigenvalue weighted by molar-refractivity contribution is -0.131. The second-order valence-corrected chi connectivity index (χ2v) is 1.43. The van der Waals surface area contributed by atoms with Crippen molar-refractivity contribution in [3.05, 3.63) is 12.7 Å². The normalized spacial score (nSPS) is 12.9. The molecule has 0 spiro atoms. The van der Waals surface area contributed by atoms with E-state index in [2.05, 4.69) is 16.3 Å². The van der Waals surface area contributed by atoms with Crippen LogP contribution in [0.1, 0.15) is 0 Å². The van der Waals surface area contributed by atoms with Gasteiger partial charge in [0.15, 0.2) is 0 Å². The zero-order chi connectivity index (χ0) is 8.69. The molecule has 0 aromatic carbocycles. The summed E-state index contributed by atoms with van der Waals surface area (Å²) in [5, 5.41) is 7.60. The number of amides is 1. The Morgan fingerprint density at radius 2 is 2.45 bits per heavy atom. The Balaban J connectivity index is 0.000000187. The molecule has 0 fully saturated rings. The molecule has 1 rings (SSSR count). The highest BCUT2D eigenvalue weighted by Gasteiger charge is 1.87. The topological polar surface area (TPSA) is 76.0 Å². The molecule has 0 radical (unpaired) electrons. The van der Waals surface area contributed by atoms with Gasteiger partial charge in [0.2, 0.25) is 0 Å². The summed E-state index contributed by atoms with van der Waals surface area (Å²) >= 11 is 0. The molecule has 1 N–H and O–H groups in total. The first-order valence-electron chi connectivity index (χ1n) is 2.62. The highest BCUT2D eigenvalue weighted by atomic mass is 16.5. The van der Waals surface area contributed by atoms with E-state index in [1.807, 2.05) is 6.40 Å². The van der Waals surface area contributed by atoms with Crippen molar-refractivity contribution in [3.8, 4) is 0 Å². The number of carbonyl (C=O) groups excluding carboxylic acids is 1. The summed E-state index contributed by atoms with van der Waals surface area (Å²) < 4.78 is 4.29. The summed E-state index contributed by atoms with van der Waals surface area (Å²) in [5.41, 5.74) is 0. The molecule has 5 nitrogen and oxygen atoms in total. The van der Waals surface area contributed by atoms with Crippen LogP contribution in [0.25, 0.3) is 0 Å². The molecule has 0 atom stereocenters. The van der Waals surface area contributed by atoms with Crippen molar-refractivity contribution in [2.24, 2.45) is 4.99 Å². The van der Waals surface area contributed by atoms with Crippen LogP contribution in [0.15, 0.2) is 17.6 Å². The van der Waals surface area contributed by atoms with Crippen LogP contribution in [-0.4, -0.2) is 30.0 Å². The number of ether oxygens (including phenoxy) is 1. The molecule has 5 heteroatoms. The van der Waals surface area contributed by atoms with E-state index in [1.54, 1.807) is 0 Å². The number of hydrogen-bond acceptors (Lipinski definition) is 3. The van der Waals surface area contributed by atoms with Gasteiger partial charge in [0, 0.05) is 12.5 Å². The van der Waals surface area contributed by atoms with Crippen molar-refractivity contribution >= 4 is 18.3 Å². The zero-order valence-corrected chi connectivity index (χ0v) is 5.61. The Hall–Kier alpha value is -1.65. The first-order chi connectivity index (χ1) is 5.16. The Morgan fingerprint density at radius 1 is 1.91 bits per heavy atom. The quantitative estimate of drug-likeness (QED) is 0.418. The third-order valence-electron chi connectivity index (χ3n) is 0.605. The van der Waals surface area contributed by atoms with E-state index < -0.39 is 5.97 Å². The summed E-state index contributed by atoms with van der Waals surface area (Å²) in [6.45, 7) is 3.03. The maximum Gasteiger partial charge on any atom is 0.327 e. The van der Waals surface area contributed by atoms with Gasteiger partial charge < -0.3 is 19.6 Å². The van der Waals surface area contributed by atoms with Crippen molar-refractivity contribution in [2.45, 2.75) is 0 Å². The van der Waals surface area contributed by atoms with E-state index in [-0.39, 0.29) is 12.5 Å². The highest BCUT2D eigenvalue weighted by molar-refractivity contribution is 5.88. The van der Waals surface area contributed by atoms with Crippen LogP contribution in [0, 0.1) is 0 Å². The molecule has 11 heavy (non-hydrogen) atoms. The summed E-state index contributed by atoms with van der Waals surface area (Å²) in [5.74, 6) is -1.24. The van der Waals surface area contributed by atoms with Gasteiger partial charge in [-0.25, -0.2) is 4.79 Å². The lowest BCUT2D eigenvalue weighted by atomic mass is 10.7. The molecule has 0 bridgehead atoms. The first-order valence-corrected chi connectivity index (χ1v) is 2.62. The SMILES string of the molecule is C=CC(=O)O.O=C1CO[C-]=N1. The second-order valence-electron chi connectivity index (χ2n) is 1.43. The van der Waals surface area contributed by atoms with Gasteiger partial charge in [-0.15, -0.1) is 0 Å². The molecule has 0 aromatic heterocycles. The molecule has 1 aliphatic rings. The number of carbonyl (C=O) groups is 2. The number of rotatable bonds is 1. The van der Waals surface area contributed by atoms with Gasteiger partial charge in [-0.05, 0) is 0 Å². The molecular formula is C6H6NO4-. The molecule has 1 heterocycles. The fraction of sp³-hybridized carbons (Fsp3) is 0.167. The Bertz CT molecular complexity index is 197. The summed E-state index contributed by atoms with van der Waals surface area (Å²) in [7, 11) is 0. The van der Waals surface area contributed by atoms with E-state index in [9.17, 15) is 9.59 Å². The van der Waals surface area contributed by atoms with Gasteiger partial charge in [-0.3, -0.25) is 0 Å². The number of hydrogen-bond donors (Lipinski definition) is 1. The van der Waals surface area contributed by atoms with Crippen molar-refractivity contribution in [1.82, 2.24) is 0 Å². The molecular weight excluding hydrogens is 150 g/mol. The van der Waals surface area contributed by atoms with Crippen LogP contribution in [-0.2, 0) is 14.3 Å². The maximum atomic E-state index is 9.89. The molecule has 0 saturated carbocycles. The fourth-order valence-electron chi connectivity index (χ4n) is 0.209. The fourth-order valence-corrected chi connectivity index (χ4v) is 0.209. The predicted octanol–water partition coefficient (Wildman–Crippen LogP) is -0.294. The van der Waals surface area contributed by atoms with Gasteiger partial charge in [0.1, 0.15) is 5.91 Å². The van der Waals surface area contributed by atoms with Gasteiger partial charge in [0.25, 0.3) is 0 Å². The number of carboxylic acids is 1. The van der Waals surface area contributed by atoms with Crippen molar-refractivity contribution in [1.29, 1.82) is 0 Å². The minimum Gasteiger partial charge on any atom is -0.581 e. The van der Waals surface area contributed by atoms with E-state index in [0.717, 1.165) is 6.08 Å². The largest absolute Gasteiger partial charge is 0.581 e. The standard InChI is InChI=1S/C3H2NO2.C3H4O2/c5-3-1-6-2-4-3;1-2-3(4)5/h1H2;2H,1H2,(H,4,5)/q-1;. The Labute approximate surface area is 63.0 Å². The zero-order valence-electron chi connectivity index (χ0n) is 5.61. The van der Waals surface area contributed by atoms with Crippen LogP contribution < -0.4 is 0 Å². The average molecular weight is 156 g/mol. The second kappa shape index (κ2) is 5.16. The lowest BCUT2D eigenvalue weighted by Gasteiger charge is -1.87. The number of aliphatic carboxylic acids is 1. The van der Waals surface area contributed by atoms with E-state index >= 15 is 0 Å². The van der Waals surface area contributed by atoms with Crippen LogP contribution in [0.5, 0.6) is 0 Å². The van der Waals surface area contributed by atoms with Gasteiger partial charge >= 0.3 is 5.97 Å². The number of nitrogens with zero attached hydrogens (tertiary/aromatic N) is 1. The van der Waals surface area contributed by atoms with Gasteiger partial charge in [0.05, 0.1) is 6.61 Å². The van der Waals surface area contributed by atoms with Crippen LogP contribution >= 0.6 is 0 Å². The van der Waals surface area contributed by atoms with Crippen molar-refractivity contribution < 1.29 is 19.4 Å². The maximum absolute atomic E-state index is 9.89. The molecule has 60 valence electrons. The van der Waals surface area contributed by atoms with E-state index in [4.69, 9.17) is 5.11 Å². The minimum absolute atomic E-state index is 0.0694.